The molecule has 1 aromatic heterocycles. The first-order valence-corrected chi connectivity index (χ1v) is 4.60. The van der Waals surface area contributed by atoms with E-state index in [1.807, 2.05) is 0 Å². The van der Waals surface area contributed by atoms with Gasteiger partial charge in [0.05, 0.1) is 10.7 Å². The van der Waals surface area contributed by atoms with E-state index in [0.29, 0.717) is 16.6 Å². The summed E-state index contributed by atoms with van der Waals surface area (Å²) in [5.74, 6) is 0.493. The Bertz CT molecular complexity index is 318. The van der Waals surface area contributed by atoms with Crippen LogP contribution in [0.5, 0.6) is 0 Å². The maximum absolute atomic E-state index is 10.6. The lowest BCUT2D eigenvalue weighted by Crippen LogP contribution is -1.98. The second-order valence-electron chi connectivity index (χ2n) is 3.49. The predicted octanol–water partition coefficient (Wildman–Crippen LogP) is 2.08. The third-order valence-electron chi connectivity index (χ3n) is 1.81. The monoisotopic (exact) mass is 200 g/mol. The highest BCUT2D eigenvalue weighted by atomic mass is 35.5. The van der Waals surface area contributed by atoms with Gasteiger partial charge in [-0.25, -0.2) is 0 Å². The fourth-order valence-corrected chi connectivity index (χ4v) is 1.50. The van der Waals surface area contributed by atoms with Crippen LogP contribution >= 0.6 is 11.6 Å². The summed E-state index contributed by atoms with van der Waals surface area (Å²) in [5.41, 5.74) is 1.26. The first-order chi connectivity index (χ1) is 6.06. The van der Waals surface area contributed by atoms with Gasteiger partial charge in [0.25, 0.3) is 0 Å². The number of halogens is 1. The van der Waals surface area contributed by atoms with Crippen molar-refractivity contribution >= 4 is 17.9 Å². The van der Waals surface area contributed by atoms with Crippen LogP contribution in [0.3, 0.4) is 0 Å². The minimum Gasteiger partial charge on any atom is -0.296 e. The molecule has 0 unspecified atom stereocenters. The molecule has 4 heteroatoms. The molecule has 1 aromatic rings. The van der Waals surface area contributed by atoms with Crippen LogP contribution in [0.4, 0.5) is 0 Å². The molecule has 0 spiro atoms. The number of nitrogens with zero attached hydrogens (tertiary/aromatic N) is 2. The van der Waals surface area contributed by atoms with Gasteiger partial charge in [-0.2, -0.15) is 5.10 Å². The number of carbonyl (C=O) groups is 1. The molecule has 0 aromatic carbocycles. The maximum Gasteiger partial charge on any atom is 0.169 e. The van der Waals surface area contributed by atoms with E-state index in [0.717, 1.165) is 18.4 Å². The fraction of sp³-hybridized carbons (Fsp3) is 0.556. The zero-order valence-corrected chi connectivity index (χ0v) is 8.80. The molecule has 3 nitrogen and oxygen atoms in total. The Kier molecular flexibility index (Phi) is 3.09. The highest BCUT2D eigenvalue weighted by Crippen LogP contribution is 2.21. The number of aldehydes is 1. The van der Waals surface area contributed by atoms with Gasteiger partial charge >= 0.3 is 0 Å². The van der Waals surface area contributed by atoms with E-state index in [-0.39, 0.29) is 0 Å². The summed E-state index contributed by atoms with van der Waals surface area (Å²) >= 11 is 5.96. The molecule has 0 aliphatic carbocycles. The largest absolute Gasteiger partial charge is 0.296 e. The molecule has 0 aliphatic rings. The summed E-state index contributed by atoms with van der Waals surface area (Å²) in [4.78, 5) is 10.6. The molecule has 0 N–H and O–H groups in total. The van der Waals surface area contributed by atoms with Gasteiger partial charge in [-0.15, -0.1) is 0 Å². The molecular formula is C9H13ClN2O. The van der Waals surface area contributed by atoms with E-state index in [4.69, 9.17) is 11.6 Å². The van der Waals surface area contributed by atoms with Crippen LogP contribution in [0.2, 0.25) is 5.02 Å². The van der Waals surface area contributed by atoms with Gasteiger partial charge in [0.1, 0.15) is 5.69 Å². The number of hydrogen-bond acceptors (Lipinski definition) is 2. The van der Waals surface area contributed by atoms with Crippen molar-refractivity contribution in [2.24, 2.45) is 13.0 Å². The van der Waals surface area contributed by atoms with Gasteiger partial charge in [-0.05, 0) is 12.3 Å². The summed E-state index contributed by atoms with van der Waals surface area (Å²) in [6.45, 7) is 4.18. The van der Waals surface area contributed by atoms with Gasteiger partial charge in [0, 0.05) is 7.05 Å². The molecular weight excluding hydrogens is 188 g/mol. The molecule has 72 valence electrons. The first-order valence-electron chi connectivity index (χ1n) is 4.22. The highest BCUT2D eigenvalue weighted by molar-refractivity contribution is 6.33. The number of hydrogen-bond donors (Lipinski definition) is 0. The van der Waals surface area contributed by atoms with Gasteiger partial charge in [-0.3, -0.25) is 9.48 Å². The second kappa shape index (κ2) is 3.92. The molecule has 0 fully saturated rings. The van der Waals surface area contributed by atoms with Crippen LogP contribution in [0.15, 0.2) is 0 Å². The Morgan fingerprint density at radius 3 is 2.62 bits per heavy atom. The quantitative estimate of drug-likeness (QED) is 0.701. The lowest BCUT2D eigenvalue weighted by molar-refractivity contribution is 0.111. The Hall–Kier alpha value is -0.830. The summed E-state index contributed by atoms with van der Waals surface area (Å²) in [5, 5.41) is 4.67. The van der Waals surface area contributed by atoms with Gasteiger partial charge in [0.15, 0.2) is 6.29 Å². The molecule has 0 amide bonds. The Morgan fingerprint density at radius 2 is 2.23 bits per heavy atom. The molecule has 0 atom stereocenters. The van der Waals surface area contributed by atoms with Crippen LogP contribution in [0, 0.1) is 5.92 Å². The van der Waals surface area contributed by atoms with Crippen LogP contribution in [-0.4, -0.2) is 16.1 Å². The third kappa shape index (κ3) is 2.10. The van der Waals surface area contributed by atoms with E-state index in [2.05, 4.69) is 18.9 Å². The van der Waals surface area contributed by atoms with Crippen molar-refractivity contribution in [1.29, 1.82) is 0 Å². The third-order valence-corrected chi connectivity index (χ3v) is 2.22. The molecule has 0 radical (unpaired) electrons. The zero-order valence-electron chi connectivity index (χ0n) is 8.04. The smallest absolute Gasteiger partial charge is 0.169 e. The average Bonchev–Trinajstić information content (AvgIpc) is 2.26. The minimum absolute atomic E-state index is 0.456. The van der Waals surface area contributed by atoms with E-state index < -0.39 is 0 Å². The number of carbonyl (C=O) groups excluding carboxylic acids is 1. The molecule has 0 bridgehead atoms. The van der Waals surface area contributed by atoms with Crippen LogP contribution in [-0.2, 0) is 13.5 Å². The second-order valence-corrected chi connectivity index (χ2v) is 3.86. The van der Waals surface area contributed by atoms with Crippen molar-refractivity contribution in [3.8, 4) is 0 Å². The Labute approximate surface area is 82.7 Å². The van der Waals surface area contributed by atoms with E-state index in [1.165, 1.54) is 4.68 Å². The molecule has 0 saturated heterocycles. The summed E-state index contributed by atoms with van der Waals surface area (Å²) in [7, 11) is 1.72. The van der Waals surface area contributed by atoms with Crippen LogP contribution in [0.1, 0.15) is 30.0 Å². The molecule has 1 rings (SSSR count). The van der Waals surface area contributed by atoms with Crippen LogP contribution < -0.4 is 0 Å². The molecule has 0 saturated carbocycles. The van der Waals surface area contributed by atoms with E-state index in [9.17, 15) is 4.79 Å². The standard InChI is InChI=1S/C9H13ClN2O/c1-6(2)4-7-9(10)8(5-13)12(3)11-7/h5-6H,4H2,1-3H3. The van der Waals surface area contributed by atoms with Crippen molar-refractivity contribution in [1.82, 2.24) is 9.78 Å². The van der Waals surface area contributed by atoms with Gasteiger partial charge in [-0.1, -0.05) is 25.4 Å². The predicted molar refractivity (Wildman–Crippen MR) is 52.1 cm³/mol. The number of aromatic nitrogens is 2. The van der Waals surface area contributed by atoms with Crippen molar-refractivity contribution in [3.63, 3.8) is 0 Å². The lowest BCUT2D eigenvalue weighted by atomic mass is 10.1. The fourth-order valence-electron chi connectivity index (χ4n) is 1.21. The molecule has 0 aliphatic heterocycles. The number of aryl methyl sites for hydroxylation is 1. The van der Waals surface area contributed by atoms with Crippen molar-refractivity contribution in [3.05, 3.63) is 16.4 Å². The van der Waals surface area contributed by atoms with Crippen molar-refractivity contribution in [2.75, 3.05) is 0 Å². The number of rotatable bonds is 3. The highest BCUT2D eigenvalue weighted by Gasteiger charge is 2.13. The SMILES string of the molecule is CC(C)Cc1nn(C)c(C=O)c1Cl. The topological polar surface area (TPSA) is 34.9 Å². The van der Waals surface area contributed by atoms with Crippen molar-refractivity contribution < 1.29 is 4.79 Å². The minimum atomic E-state index is 0.456. The van der Waals surface area contributed by atoms with Crippen molar-refractivity contribution in [2.45, 2.75) is 20.3 Å². The summed E-state index contributed by atoms with van der Waals surface area (Å²) in [6, 6.07) is 0. The van der Waals surface area contributed by atoms with E-state index in [1.54, 1.807) is 7.05 Å². The van der Waals surface area contributed by atoms with Gasteiger partial charge < -0.3 is 0 Å². The maximum atomic E-state index is 10.6. The Morgan fingerprint density at radius 1 is 1.62 bits per heavy atom. The summed E-state index contributed by atoms with van der Waals surface area (Å²) in [6.07, 6.45) is 1.54. The van der Waals surface area contributed by atoms with Gasteiger partial charge in [0.2, 0.25) is 0 Å². The lowest BCUT2D eigenvalue weighted by Gasteiger charge is -1.99. The molecule has 13 heavy (non-hydrogen) atoms. The molecule has 1 heterocycles. The normalized spacial score (nSPS) is 10.8. The first kappa shape index (κ1) is 10.3. The zero-order chi connectivity index (χ0) is 10.0. The summed E-state index contributed by atoms with van der Waals surface area (Å²) < 4.78 is 1.52. The van der Waals surface area contributed by atoms with Crippen LogP contribution in [0.25, 0.3) is 0 Å². The van der Waals surface area contributed by atoms with E-state index >= 15 is 0 Å². The Balaban J connectivity index is 3.03. The average molecular weight is 201 g/mol.